The predicted octanol–water partition coefficient (Wildman–Crippen LogP) is 3.85. The highest BCUT2D eigenvalue weighted by molar-refractivity contribution is 5.77. The number of aryl methyl sites for hydroxylation is 1. The second-order valence-electron chi connectivity index (χ2n) is 4.78. The summed E-state index contributed by atoms with van der Waals surface area (Å²) in [6.45, 7) is 2.45. The molecule has 0 aliphatic rings. The molecule has 0 amide bonds. The number of rotatable bonds is 4. The number of aromatic nitrogens is 1. The summed E-state index contributed by atoms with van der Waals surface area (Å²) < 4.78 is 18.8. The summed E-state index contributed by atoms with van der Waals surface area (Å²) >= 11 is 0. The van der Waals surface area contributed by atoms with E-state index in [1.807, 2.05) is 25.1 Å². The van der Waals surface area contributed by atoms with E-state index in [1.165, 1.54) is 12.1 Å². The number of nitrogens with one attached hydrogen (secondary N) is 1. The molecule has 0 aliphatic heterocycles. The van der Waals surface area contributed by atoms with Crippen LogP contribution >= 0.6 is 0 Å². The van der Waals surface area contributed by atoms with E-state index >= 15 is 0 Å². The van der Waals surface area contributed by atoms with E-state index < -0.39 is 5.82 Å². The number of halogens is 1. The van der Waals surface area contributed by atoms with Gasteiger partial charge >= 0.3 is 0 Å². The Labute approximate surface area is 121 Å². The van der Waals surface area contributed by atoms with Crippen LogP contribution in [-0.4, -0.2) is 10.1 Å². The van der Waals surface area contributed by atoms with Gasteiger partial charge in [0.25, 0.3) is 0 Å². The fourth-order valence-corrected chi connectivity index (χ4v) is 2.10. The van der Waals surface area contributed by atoms with Crippen LogP contribution in [0.15, 0.2) is 40.8 Å². The average Bonchev–Trinajstić information content (AvgIpc) is 2.90. The maximum Gasteiger partial charge on any atom is 0.195 e. The Hall–Kier alpha value is -2.56. The minimum atomic E-state index is -0.617. The Bertz CT molecular complexity index is 783. The standard InChI is InChI=1S/C16H15FN2O2/c1-2-16-19-13-8-11(4-6-15(13)21-16)18-9-10-3-5-14(20)12(17)7-10/h3-8,18,20H,2,9H2,1H3. The number of benzene rings is 2. The second-order valence-corrected chi connectivity index (χ2v) is 4.78. The number of hydrogen-bond donors (Lipinski definition) is 2. The quantitative estimate of drug-likeness (QED) is 0.765. The number of nitrogens with zero attached hydrogens (tertiary/aromatic N) is 1. The van der Waals surface area contributed by atoms with Gasteiger partial charge in [-0.3, -0.25) is 0 Å². The summed E-state index contributed by atoms with van der Waals surface area (Å²) in [5, 5.41) is 12.4. The zero-order chi connectivity index (χ0) is 14.8. The molecule has 0 radical (unpaired) electrons. The molecule has 0 fully saturated rings. The summed E-state index contributed by atoms with van der Waals surface area (Å²) in [7, 11) is 0. The molecule has 0 aliphatic carbocycles. The van der Waals surface area contributed by atoms with Gasteiger partial charge in [-0.15, -0.1) is 0 Å². The third kappa shape index (κ3) is 2.81. The fourth-order valence-electron chi connectivity index (χ4n) is 2.10. The number of fused-ring (bicyclic) bond motifs is 1. The van der Waals surface area contributed by atoms with Crippen molar-refractivity contribution in [3.8, 4) is 5.75 Å². The zero-order valence-electron chi connectivity index (χ0n) is 11.6. The fraction of sp³-hybridized carbons (Fsp3) is 0.188. The van der Waals surface area contributed by atoms with Gasteiger partial charge in [0.05, 0.1) is 0 Å². The van der Waals surface area contributed by atoms with Gasteiger partial charge in [0.2, 0.25) is 0 Å². The summed E-state index contributed by atoms with van der Waals surface area (Å²) in [6, 6.07) is 9.99. The van der Waals surface area contributed by atoms with Crippen LogP contribution in [0.25, 0.3) is 11.1 Å². The first-order chi connectivity index (χ1) is 10.2. The Morgan fingerprint density at radius 2 is 2.10 bits per heavy atom. The minimum Gasteiger partial charge on any atom is -0.505 e. The molecule has 3 rings (SSSR count). The number of hydrogen-bond acceptors (Lipinski definition) is 4. The lowest BCUT2D eigenvalue weighted by Crippen LogP contribution is -1.99. The molecular formula is C16H15FN2O2. The Morgan fingerprint density at radius 3 is 2.86 bits per heavy atom. The highest BCUT2D eigenvalue weighted by atomic mass is 19.1. The van der Waals surface area contributed by atoms with Crippen molar-refractivity contribution in [3.05, 3.63) is 53.7 Å². The van der Waals surface area contributed by atoms with Crippen molar-refractivity contribution >= 4 is 16.8 Å². The molecular weight excluding hydrogens is 271 g/mol. The van der Waals surface area contributed by atoms with Crippen molar-refractivity contribution in [2.75, 3.05) is 5.32 Å². The van der Waals surface area contributed by atoms with Crippen molar-refractivity contribution in [2.45, 2.75) is 19.9 Å². The van der Waals surface area contributed by atoms with Gasteiger partial charge in [-0.2, -0.15) is 0 Å². The molecule has 0 saturated heterocycles. The Balaban J connectivity index is 1.76. The van der Waals surface area contributed by atoms with Gasteiger partial charge in [-0.05, 0) is 35.9 Å². The average molecular weight is 286 g/mol. The van der Waals surface area contributed by atoms with E-state index in [0.717, 1.165) is 28.8 Å². The lowest BCUT2D eigenvalue weighted by Gasteiger charge is -2.07. The molecule has 0 bridgehead atoms. The Morgan fingerprint density at radius 1 is 1.24 bits per heavy atom. The molecule has 108 valence electrons. The topological polar surface area (TPSA) is 58.3 Å². The molecule has 2 aromatic carbocycles. The second kappa shape index (κ2) is 5.44. The zero-order valence-corrected chi connectivity index (χ0v) is 11.6. The lowest BCUT2D eigenvalue weighted by atomic mass is 10.2. The van der Waals surface area contributed by atoms with Gasteiger partial charge in [0.1, 0.15) is 5.52 Å². The van der Waals surface area contributed by atoms with Crippen molar-refractivity contribution < 1.29 is 13.9 Å². The van der Waals surface area contributed by atoms with Crippen LogP contribution in [0.3, 0.4) is 0 Å². The van der Waals surface area contributed by atoms with E-state index in [-0.39, 0.29) is 5.75 Å². The molecule has 0 spiro atoms. The first-order valence-corrected chi connectivity index (χ1v) is 6.76. The van der Waals surface area contributed by atoms with Crippen LogP contribution in [0.5, 0.6) is 5.75 Å². The van der Waals surface area contributed by atoms with Crippen molar-refractivity contribution in [3.63, 3.8) is 0 Å². The van der Waals surface area contributed by atoms with Gasteiger partial charge < -0.3 is 14.8 Å². The maximum absolute atomic E-state index is 13.3. The first kappa shape index (κ1) is 13.4. The minimum absolute atomic E-state index is 0.338. The Kier molecular flexibility index (Phi) is 3.48. The summed E-state index contributed by atoms with van der Waals surface area (Å²) in [4.78, 5) is 4.37. The first-order valence-electron chi connectivity index (χ1n) is 6.76. The number of phenolic OH excluding ortho intramolecular Hbond substituents is 1. The van der Waals surface area contributed by atoms with E-state index in [9.17, 15) is 4.39 Å². The largest absolute Gasteiger partial charge is 0.505 e. The molecule has 21 heavy (non-hydrogen) atoms. The molecule has 2 N–H and O–H groups in total. The molecule has 5 heteroatoms. The molecule has 0 unspecified atom stereocenters. The number of phenols is 1. The maximum atomic E-state index is 13.3. The third-order valence-corrected chi connectivity index (χ3v) is 3.24. The predicted molar refractivity (Wildman–Crippen MR) is 78.8 cm³/mol. The van der Waals surface area contributed by atoms with Gasteiger partial charge in [-0.25, -0.2) is 9.37 Å². The summed E-state index contributed by atoms with van der Waals surface area (Å²) in [6.07, 6.45) is 0.754. The van der Waals surface area contributed by atoms with Gasteiger partial charge in [-0.1, -0.05) is 13.0 Å². The molecule has 0 atom stereocenters. The normalized spacial score (nSPS) is 11.0. The van der Waals surface area contributed by atoms with Crippen LogP contribution in [0.1, 0.15) is 18.4 Å². The van der Waals surface area contributed by atoms with Crippen LogP contribution < -0.4 is 5.32 Å². The van der Waals surface area contributed by atoms with Crippen LogP contribution in [0.4, 0.5) is 10.1 Å². The van der Waals surface area contributed by atoms with E-state index in [1.54, 1.807) is 6.07 Å². The monoisotopic (exact) mass is 286 g/mol. The molecule has 4 nitrogen and oxygen atoms in total. The third-order valence-electron chi connectivity index (χ3n) is 3.24. The molecule has 3 aromatic rings. The highest BCUT2D eigenvalue weighted by Gasteiger charge is 2.05. The van der Waals surface area contributed by atoms with Crippen molar-refractivity contribution in [2.24, 2.45) is 0 Å². The van der Waals surface area contributed by atoms with Crippen LogP contribution in [0, 0.1) is 5.82 Å². The number of aromatic hydroxyl groups is 1. The van der Waals surface area contributed by atoms with Gasteiger partial charge in [0.15, 0.2) is 23.0 Å². The van der Waals surface area contributed by atoms with E-state index in [4.69, 9.17) is 9.52 Å². The van der Waals surface area contributed by atoms with Crippen molar-refractivity contribution in [1.82, 2.24) is 4.98 Å². The van der Waals surface area contributed by atoms with Gasteiger partial charge in [0, 0.05) is 18.7 Å². The number of anilines is 1. The summed E-state index contributed by atoms with van der Waals surface area (Å²) in [5.41, 5.74) is 3.19. The van der Waals surface area contributed by atoms with E-state index in [2.05, 4.69) is 10.3 Å². The summed E-state index contributed by atoms with van der Waals surface area (Å²) in [5.74, 6) is -0.244. The molecule has 1 aromatic heterocycles. The van der Waals surface area contributed by atoms with Crippen molar-refractivity contribution in [1.29, 1.82) is 0 Å². The molecule has 1 heterocycles. The van der Waals surface area contributed by atoms with Crippen LogP contribution in [0.2, 0.25) is 0 Å². The highest BCUT2D eigenvalue weighted by Crippen LogP contribution is 2.21. The van der Waals surface area contributed by atoms with E-state index in [0.29, 0.717) is 12.4 Å². The van der Waals surface area contributed by atoms with Crippen LogP contribution in [-0.2, 0) is 13.0 Å². The lowest BCUT2D eigenvalue weighted by molar-refractivity contribution is 0.432. The SMILES string of the molecule is CCc1nc2cc(NCc3ccc(O)c(F)c3)ccc2o1. The smallest absolute Gasteiger partial charge is 0.195 e. The number of oxazole rings is 1. The molecule has 0 saturated carbocycles.